The van der Waals surface area contributed by atoms with E-state index in [0.29, 0.717) is 5.41 Å². The molecule has 0 aromatic carbocycles. The average Bonchev–Trinajstić information content (AvgIpc) is 2.00. The van der Waals surface area contributed by atoms with E-state index < -0.39 is 0 Å². The van der Waals surface area contributed by atoms with Gasteiger partial charge in [-0.1, -0.05) is 34.3 Å². The molecule has 0 fully saturated rings. The highest BCUT2D eigenvalue weighted by atomic mass is 15.1. The van der Waals surface area contributed by atoms with E-state index in [1.807, 2.05) is 0 Å². The number of rotatable bonds is 5. The molecule has 1 nitrogen and oxygen atoms in total. The lowest BCUT2D eigenvalue weighted by Crippen LogP contribution is -2.19. The Balaban J connectivity index is 3.59. The molecule has 0 unspecified atom stereocenters. The molecule has 0 aromatic heterocycles. The van der Waals surface area contributed by atoms with E-state index in [4.69, 9.17) is 0 Å². The molecule has 0 rings (SSSR count). The molecule has 0 aliphatic heterocycles. The van der Waals surface area contributed by atoms with Crippen LogP contribution in [-0.4, -0.2) is 18.5 Å². The Labute approximate surface area is 83.8 Å². The quantitative estimate of drug-likeness (QED) is 0.628. The second-order valence-corrected chi connectivity index (χ2v) is 5.01. The molecule has 1 heteroatoms. The zero-order chi connectivity index (χ0) is 10.5. The van der Waals surface area contributed by atoms with E-state index in [2.05, 4.69) is 46.2 Å². The molecule has 0 N–H and O–H groups in total. The second kappa shape index (κ2) is 5.31. The minimum atomic E-state index is 0.467. The van der Waals surface area contributed by atoms with Gasteiger partial charge in [-0.3, -0.25) is 0 Å². The zero-order valence-electron chi connectivity index (χ0n) is 9.98. The van der Waals surface area contributed by atoms with Gasteiger partial charge in [0.15, 0.2) is 0 Å². The highest BCUT2D eigenvalue weighted by Gasteiger charge is 2.09. The van der Waals surface area contributed by atoms with Gasteiger partial charge in [0, 0.05) is 19.3 Å². The summed E-state index contributed by atoms with van der Waals surface area (Å²) in [6.45, 7) is 14.2. The lowest BCUT2D eigenvalue weighted by molar-refractivity contribution is 0.320. The minimum absolute atomic E-state index is 0.467. The number of hydrogen-bond acceptors (Lipinski definition) is 1. The molecule has 0 amide bonds. The summed E-state index contributed by atoms with van der Waals surface area (Å²) in [5.41, 5.74) is 1.71. The molecule has 0 spiro atoms. The summed E-state index contributed by atoms with van der Waals surface area (Å²) in [4.78, 5) is 2.27. The van der Waals surface area contributed by atoms with Crippen molar-refractivity contribution < 1.29 is 0 Å². The van der Waals surface area contributed by atoms with Crippen LogP contribution in [0.5, 0.6) is 0 Å². The maximum Gasteiger partial charge on any atom is 0.0171 e. The van der Waals surface area contributed by atoms with E-state index >= 15 is 0 Å². The molecule has 0 aliphatic carbocycles. The fraction of sp³-hybridized carbons (Fsp3) is 0.833. The molecule has 0 saturated heterocycles. The van der Waals surface area contributed by atoms with Crippen molar-refractivity contribution >= 4 is 0 Å². The van der Waals surface area contributed by atoms with Crippen LogP contribution in [0, 0.1) is 5.41 Å². The third kappa shape index (κ3) is 6.68. The Bertz CT molecular complexity index is 153. The van der Waals surface area contributed by atoms with Crippen molar-refractivity contribution in [2.45, 2.75) is 47.0 Å². The number of allylic oxidation sites excluding steroid dienone is 1. The first-order chi connectivity index (χ1) is 5.87. The van der Waals surface area contributed by atoms with Crippen LogP contribution in [0.4, 0.5) is 0 Å². The highest BCUT2D eigenvalue weighted by molar-refractivity contribution is 4.90. The Hall–Kier alpha value is -0.460. The molecule has 0 atom stereocenters. The monoisotopic (exact) mass is 183 g/mol. The molecular formula is C12H25N. The summed E-state index contributed by atoms with van der Waals surface area (Å²) in [6.07, 6.45) is 3.61. The summed E-state index contributed by atoms with van der Waals surface area (Å²) in [5.74, 6) is 0. The summed E-state index contributed by atoms with van der Waals surface area (Å²) in [6, 6.07) is 0. The van der Waals surface area contributed by atoms with Crippen molar-refractivity contribution in [3.63, 3.8) is 0 Å². The van der Waals surface area contributed by atoms with Crippen LogP contribution in [-0.2, 0) is 0 Å². The van der Waals surface area contributed by atoms with Gasteiger partial charge in [0.1, 0.15) is 0 Å². The van der Waals surface area contributed by atoms with Gasteiger partial charge >= 0.3 is 0 Å². The van der Waals surface area contributed by atoms with Crippen LogP contribution in [0.3, 0.4) is 0 Å². The predicted octanol–water partition coefficient (Wildman–Crippen LogP) is 3.67. The van der Waals surface area contributed by atoms with E-state index in [9.17, 15) is 0 Å². The molecule has 0 aliphatic rings. The Kier molecular flexibility index (Phi) is 5.12. The van der Waals surface area contributed by atoms with Crippen LogP contribution in [0.2, 0.25) is 0 Å². The van der Waals surface area contributed by atoms with Crippen molar-refractivity contribution in [2.24, 2.45) is 5.41 Å². The summed E-state index contributed by atoms with van der Waals surface area (Å²) in [7, 11) is 2.13. The zero-order valence-corrected chi connectivity index (χ0v) is 9.98. The Morgan fingerprint density at radius 3 is 2.23 bits per heavy atom. The first-order valence-electron chi connectivity index (χ1n) is 5.25. The van der Waals surface area contributed by atoms with Crippen molar-refractivity contribution in [3.05, 3.63) is 12.3 Å². The SMILES string of the molecule is C=C(CC)N(C)CCCC(C)(C)C. The van der Waals surface area contributed by atoms with Crippen LogP contribution >= 0.6 is 0 Å². The molecular weight excluding hydrogens is 158 g/mol. The van der Waals surface area contributed by atoms with E-state index in [1.54, 1.807) is 0 Å². The summed E-state index contributed by atoms with van der Waals surface area (Å²) >= 11 is 0. The first kappa shape index (κ1) is 12.5. The first-order valence-corrected chi connectivity index (χ1v) is 5.25. The standard InChI is InChI=1S/C12H25N/c1-7-11(2)13(6)10-8-9-12(3,4)5/h2,7-10H2,1,3-6H3. The number of nitrogens with zero attached hydrogens (tertiary/aromatic N) is 1. The largest absolute Gasteiger partial charge is 0.378 e. The molecule has 78 valence electrons. The van der Waals surface area contributed by atoms with E-state index in [0.717, 1.165) is 13.0 Å². The van der Waals surface area contributed by atoms with Crippen LogP contribution in [0.25, 0.3) is 0 Å². The Morgan fingerprint density at radius 1 is 1.31 bits per heavy atom. The van der Waals surface area contributed by atoms with Gasteiger partial charge in [-0.25, -0.2) is 0 Å². The third-order valence-electron chi connectivity index (χ3n) is 2.37. The fourth-order valence-corrected chi connectivity index (χ4v) is 1.27. The fourth-order valence-electron chi connectivity index (χ4n) is 1.27. The third-order valence-corrected chi connectivity index (χ3v) is 2.37. The normalized spacial score (nSPS) is 11.5. The molecule has 13 heavy (non-hydrogen) atoms. The van der Waals surface area contributed by atoms with Crippen LogP contribution in [0.15, 0.2) is 12.3 Å². The van der Waals surface area contributed by atoms with Gasteiger partial charge in [0.05, 0.1) is 0 Å². The summed E-state index contributed by atoms with van der Waals surface area (Å²) in [5, 5.41) is 0. The maximum atomic E-state index is 4.01. The van der Waals surface area contributed by atoms with Gasteiger partial charge in [-0.2, -0.15) is 0 Å². The second-order valence-electron chi connectivity index (χ2n) is 5.01. The Morgan fingerprint density at radius 2 is 1.85 bits per heavy atom. The lowest BCUT2D eigenvalue weighted by atomic mass is 9.90. The molecule has 0 heterocycles. The topological polar surface area (TPSA) is 3.24 Å². The average molecular weight is 183 g/mol. The molecule has 0 saturated carbocycles. The number of hydrogen-bond donors (Lipinski definition) is 0. The van der Waals surface area contributed by atoms with E-state index in [-0.39, 0.29) is 0 Å². The van der Waals surface area contributed by atoms with E-state index in [1.165, 1.54) is 18.5 Å². The highest BCUT2D eigenvalue weighted by Crippen LogP contribution is 2.20. The van der Waals surface area contributed by atoms with Gasteiger partial charge in [-0.05, 0) is 24.7 Å². The van der Waals surface area contributed by atoms with Crippen LogP contribution in [0.1, 0.15) is 47.0 Å². The lowest BCUT2D eigenvalue weighted by Gasteiger charge is -2.23. The van der Waals surface area contributed by atoms with Gasteiger partial charge in [0.2, 0.25) is 0 Å². The van der Waals surface area contributed by atoms with Crippen molar-refractivity contribution in [3.8, 4) is 0 Å². The molecule has 0 aromatic rings. The molecule has 0 radical (unpaired) electrons. The predicted molar refractivity (Wildman–Crippen MR) is 60.8 cm³/mol. The maximum absolute atomic E-state index is 4.01. The van der Waals surface area contributed by atoms with Crippen molar-refractivity contribution in [1.82, 2.24) is 4.90 Å². The minimum Gasteiger partial charge on any atom is -0.378 e. The van der Waals surface area contributed by atoms with Gasteiger partial charge in [0.25, 0.3) is 0 Å². The van der Waals surface area contributed by atoms with Crippen molar-refractivity contribution in [2.75, 3.05) is 13.6 Å². The van der Waals surface area contributed by atoms with Gasteiger partial charge < -0.3 is 4.90 Å². The smallest absolute Gasteiger partial charge is 0.0171 e. The van der Waals surface area contributed by atoms with Crippen molar-refractivity contribution in [1.29, 1.82) is 0 Å². The van der Waals surface area contributed by atoms with Crippen LogP contribution < -0.4 is 0 Å². The van der Waals surface area contributed by atoms with Gasteiger partial charge in [-0.15, -0.1) is 0 Å². The molecule has 0 bridgehead atoms. The summed E-state index contributed by atoms with van der Waals surface area (Å²) < 4.78 is 0.